The molecule has 3 rings (SSSR count). The van der Waals surface area contributed by atoms with Gasteiger partial charge in [0, 0.05) is 43.3 Å². The minimum absolute atomic E-state index is 0.0871. The Labute approximate surface area is 138 Å². The third kappa shape index (κ3) is 3.27. The number of rotatable bonds is 5. The van der Waals surface area contributed by atoms with Crippen LogP contribution in [0.15, 0.2) is 24.4 Å². The zero-order chi connectivity index (χ0) is 16.4. The molecule has 0 aliphatic carbocycles. The van der Waals surface area contributed by atoms with Crippen molar-refractivity contribution < 1.29 is 9.53 Å². The van der Waals surface area contributed by atoms with Crippen molar-refractivity contribution >= 4 is 16.8 Å². The van der Waals surface area contributed by atoms with Gasteiger partial charge >= 0.3 is 0 Å². The van der Waals surface area contributed by atoms with Gasteiger partial charge in [0.15, 0.2) is 0 Å². The lowest BCUT2D eigenvalue weighted by Gasteiger charge is -2.21. The van der Waals surface area contributed by atoms with E-state index in [9.17, 15) is 4.79 Å². The van der Waals surface area contributed by atoms with Crippen LogP contribution in [0, 0.1) is 5.92 Å². The summed E-state index contributed by atoms with van der Waals surface area (Å²) in [7, 11) is 0. The number of hydrogen-bond acceptors (Lipinski definition) is 2. The van der Waals surface area contributed by atoms with E-state index in [0.29, 0.717) is 19.1 Å². The Kier molecular flexibility index (Phi) is 4.71. The maximum Gasteiger partial charge on any atom is 0.248 e. The van der Waals surface area contributed by atoms with Gasteiger partial charge in [-0.3, -0.25) is 4.79 Å². The Balaban J connectivity index is 1.92. The fourth-order valence-corrected chi connectivity index (χ4v) is 3.42. The molecule has 0 atom stereocenters. The van der Waals surface area contributed by atoms with Crippen molar-refractivity contribution in [3.05, 3.63) is 35.5 Å². The van der Waals surface area contributed by atoms with Crippen LogP contribution in [-0.2, 0) is 29.0 Å². The molecule has 0 bridgehead atoms. The molecule has 4 nitrogen and oxygen atoms in total. The van der Waals surface area contributed by atoms with Gasteiger partial charge in [0.25, 0.3) is 0 Å². The molecule has 0 spiro atoms. The number of aromatic nitrogens is 1. The minimum Gasteiger partial charge on any atom is -0.372 e. The lowest BCUT2D eigenvalue weighted by Crippen LogP contribution is -2.34. The molecule has 23 heavy (non-hydrogen) atoms. The van der Waals surface area contributed by atoms with Crippen molar-refractivity contribution in [1.29, 1.82) is 0 Å². The fraction of sp³-hybridized carbons (Fsp3) is 0.526. The molecule has 1 amide bonds. The van der Waals surface area contributed by atoms with Crippen molar-refractivity contribution in [3.8, 4) is 0 Å². The summed E-state index contributed by atoms with van der Waals surface area (Å²) in [4.78, 5) is 14.2. The van der Waals surface area contributed by atoms with Gasteiger partial charge in [-0.2, -0.15) is 0 Å². The Morgan fingerprint density at radius 2 is 2.13 bits per heavy atom. The molecule has 1 aliphatic rings. The number of carbonyl (C=O) groups excluding carboxylic acids is 1. The number of nitrogens with zero attached hydrogens (tertiary/aromatic N) is 2. The molecule has 1 aromatic heterocycles. The summed E-state index contributed by atoms with van der Waals surface area (Å²) >= 11 is 0. The van der Waals surface area contributed by atoms with Gasteiger partial charge in [0.2, 0.25) is 5.91 Å². The highest BCUT2D eigenvalue weighted by molar-refractivity contribution is 5.88. The van der Waals surface area contributed by atoms with Crippen LogP contribution in [-0.4, -0.2) is 35.1 Å². The molecule has 2 aromatic rings. The van der Waals surface area contributed by atoms with Gasteiger partial charge < -0.3 is 14.2 Å². The first-order valence-electron chi connectivity index (χ1n) is 8.55. The van der Waals surface area contributed by atoms with Crippen molar-refractivity contribution in [2.45, 2.75) is 40.3 Å². The molecule has 0 radical (unpaired) electrons. The van der Waals surface area contributed by atoms with Crippen LogP contribution in [0.25, 0.3) is 10.9 Å². The van der Waals surface area contributed by atoms with Crippen molar-refractivity contribution in [1.82, 2.24) is 9.47 Å². The average Bonchev–Trinajstić information content (AvgIpc) is 2.75. The van der Waals surface area contributed by atoms with E-state index in [1.165, 1.54) is 22.0 Å². The lowest BCUT2D eigenvalue weighted by atomic mass is 10.1. The smallest absolute Gasteiger partial charge is 0.248 e. The van der Waals surface area contributed by atoms with Crippen LogP contribution in [0.5, 0.6) is 0 Å². The average molecular weight is 314 g/mol. The topological polar surface area (TPSA) is 34.5 Å². The third-order valence-electron chi connectivity index (χ3n) is 4.43. The van der Waals surface area contributed by atoms with E-state index < -0.39 is 0 Å². The summed E-state index contributed by atoms with van der Waals surface area (Å²) in [6, 6.07) is 6.45. The molecule has 4 heteroatoms. The van der Waals surface area contributed by atoms with Crippen molar-refractivity contribution in [2.24, 2.45) is 5.92 Å². The molecule has 1 aliphatic heterocycles. The van der Waals surface area contributed by atoms with Crippen LogP contribution in [0.3, 0.4) is 0 Å². The molecule has 124 valence electrons. The summed E-state index contributed by atoms with van der Waals surface area (Å²) in [5.74, 6) is 0.707. The fourth-order valence-electron chi connectivity index (χ4n) is 3.42. The minimum atomic E-state index is 0.0871. The second kappa shape index (κ2) is 6.75. The van der Waals surface area contributed by atoms with E-state index in [1.54, 1.807) is 0 Å². The predicted molar refractivity (Wildman–Crippen MR) is 92.4 cm³/mol. The standard InChI is InChI=1S/C19H26N2O2/c1-4-23-13-18(22)20-9-8-16-12-21(10-14(2)3)17-7-5-6-15(11-20)19(16)17/h5-7,12,14H,4,8-11,13H2,1-3H3. The van der Waals surface area contributed by atoms with E-state index >= 15 is 0 Å². The van der Waals surface area contributed by atoms with E-state index in [4.69, 9.17) is 4.74 Å². The van der Waals surface area contributed by atoms with E-state index in [0.717, 1.165) is 19.5 Å². The largest absolute Gasteiger partial charge is 0.372 e. The van der Waals surface area contributed by atoms with Crippen LogP contribution in [0.1, 0.15) is 31.9 Å². The Morgan fingerprint density at radius 1 is 1.30 bits per heavy atom. The van der Waals surface area contributed by atoms with Crippen molar-refractivity contribution in [2.75, 3.05) is 19.8 Å². The molecule has 2 heterocycles. The van der Waals surface area contributed by atoms with Crippen molar-refractivity contribution in [3.63, 3.8) is 0 Å². The second-order valence-electron chi connectivity index (χ2n) is 6.71. The molecule has 0 fully saturated rings. The first-order chi connectivity index (χ1) is 11.1. The van der Waals surface area contributed by atoms with Gasteiger partial charge in [-0.25, -0.2) is 0 Å². The first-order valence-corrected chi connectivity index (χ1v) is 8.55. The molecule has 0 saturated heterocycles. The molecule has 1 aromatic carbocycles. The molecular formula is C19H26N2O2. The molecule has 0 N–H and O–H groups in total. The lowest BCUT2D eigenvalue weighted by molar-refractivity contribution is -0.136. The van der Waals surface area contributed by atoms with Crippen LogP contribution in [0.4, 0.5) is 0 Å². The van der Waals surface area contributed by atoms with Gasteiger partial charge in [-0.05, 0) is 36.5 Å². The number of hydrogen-bond donors (Lipinski definition) is 0. The molecular weight excluding hydrogens is 288 g/mol. The maximum atomic E-state index is 12.3. The summed E-state index contributed by atoms with van der Waals surface area (Å²) in [5, 5.41) is 1.35. The van der Waals surface area contributed by atoms with E-state index in [-0.39, 0.29) is 12.5 Å². The predicted octanol–water partition coefficient (Wildman–Crippen LogP) is 3.22. The Hall–Kier alpha value is -1.81. The van der Waals surface area contributed by atoms with E-state index in [2.05, 4.69) is 42.8 Å². The van der Waals surface area contributed by atoms with Gasteiger partial charge in [-0.15, -0.1) is 0 Å². The van der Waals surface area contributed by atoms with Gasteiger partial charge in [0.1, 0.15) is 6.61 Å². The molecule has 0 saturated carbocycles. The molecule has 0 unspecified atom stereocenters. The van der Waals surface area contributed by atoms with E-state index in [1.807, 2.05) is 11.8 Å². The Bertz CT molecular complexity index is 703. The number of ether oxygens (including phenoxy) is 1. The SMILES string of the molecule is CCOCC(=O)N1CCc2cn(CC(C)C)c3cccc(c23)C1. The second-order valence-corrected chi connectivity index (χ2v) is 6.71. The summed E-state index contributed by atoms with van der Waals surface area (Å²) in [6.07, 6.45) is 3.20. The summed E-state index contributed by atoms with van der Waals surface area (Å²) in [6.45, 7) is 9.65. The number of benzene rings is 1. The van der Waals surface area contributed by atoms with Crippen LogP contribution >= 0.6 is 0 Å². The van der Waals surface area contributed by atoms with Crippen LogP contribution in [0.2, 0.25) is 0 Å². The van der Waals surface area contributed by atoms with Crippen LogP contribution < -0.4 is 0 Å². The number of carbonyl (C=O) groups is 1. The summed E-state index contributed by atoms with van der Waals surface area (Å²) in [5.41, 5.74) is 3.91. The zero-order valence-corrected chi connectivity index (χ0v) is 14.3. The normalized spacial score (nSPS) is 14.5. The monoisotopic (exact) mass is 314 g/mol. The highest BCUT2D eigenvalue weighted by Crippen LogP contribution is 2.30. The van der Waals surface area contributed by atoms with Gasteiger partial charge in [-0.1, -0.05) is 26.0 Å². The number of amides is 1. The first kappa shape index (κ1) is 16.1. The van der Waals surface area contributed by atoms with Gasteiger partial charge in [0.05, 0.1) is 0 Å². The third-order valence-corrected chi connectivity index (χ3v) is 4.43. The zero-order valence-electron chi connectivity index (χ0n) is 14.3. The maximum absolute atomic E-state index is 12.3. The highest BCUT2D eigenvalue weighted by atomic mass is 16.5. The quantitative estimate of drug-likeness (QED) is 0.849. The summed E-state index contributed by atoms with van der Waals surface area (Å²) < 4.78 is 7.66. The Morgan fingerprint density at radius 3 is 2.87 bits per heavy atom. The highest BCUT2D eigenvalue weighted by Gasteiger charge is 2.22.